The van der Waals surface area contributed by atoms with Crippen LogP contribution >= 0.6 is 0 Å². The zero-order chi connectivity index (χ0) is 10.6. The van der Waals surface area contributed by atoms with Crippen molar-refractivity contribution in [3.05, 3.63) is 34.2 Å². The van der Waals surface area contributed by atoms with Gasteiger partial charge in [-0.1, -0.05) is 6.07 Å². The standard InChI is InChI=1S/C9H12N2O3/c10-6(4-5-9(13)14)7-2-1-3-8(12)11-7/h1-3,6H,4-5,10H2,(H,11,12)(H,13,14). The summed E-state index contributed by atoms with van der Waals surface area (Å²) in [5.41, 5.74) is 6.02. The Bertz CT molecular complexity index is 372. The molecule has 1 atom stereocenters. The first-order valence-corrected chi connectivity index (χ1v) is 4.26. The molecule has 1 aromatic heterocycles. The van der Waals surface area contributed by atoms with E-state index in [4.69, 9.17) is 10.8 Å². The number of nitrogens with one attached hydrogen (secondary N) is 1. The molecule has 4 N–H and O–H groups in total. The van der Waals surface area contributed by atoms with Gasteiger partial charge in [-0.3, -0.25) is 9.59 Å². The van der Waals surface area contributed by atoms with E-state index in [1.807, 2.05) is 0 Å². The van der Waals surface area contributed by atoms with Gasteiger partial charge in [0.05, 0.1) is 0 Å². The van der Waals surface area contributed by atoms with Gasteiger partial charge in [-0.15, -0.1) is 0 Å². The number of hydrogen-bond donors (Lipinski definition) is 3. The van der Waals surface area contributed by atoms with E-state index in [2.05, 4.69) is 4.98 Å². The first-order valence-electron chi connectivity index (χ1n) is 4.26. The summed E-state index contributed by atoms with van der Waals surface area (Å²) >= 11 is 0. The van der Waals surface area contributed by atoms with Crippen LogP contribution in [0.4, 0.5) is 0 Å². The van der Waals surface area contributed by atoms with E-state index in [-0.39, 0.29) is 12.0 Å². The number of carboxylic acid groups (broad SMARTS) is 1. The molecule has 0 fully saturated rings. The fourth-order valence-electron chi connectivity index (χ4n) is 1.12. The predicted octanol–water partition coefficient (Wildman–Crippen LogP) is 0.239. The molecule has 0 aromatic carbocycles. The molecule has 1 rings (SSSR count). The van der Waals surface area contributed by atoms with Crippen LogP contribution in [0.1, 0.15) is 24.6 Å². The van der Waals surface area contributed by atoms with Crippen LogP contribution in [0.15, 0.2) is 23.0 Å². The lowest BCUT2D eigenvalue weighted by Crippen LogP contribution is -2.17. The van der Waals surface area contributed by atoms with Gasteiger partial charge in [0.15, 0.2) is 0 Å². The third-order valence-corrected chi connectivity index (χ3v) is 1.86. The van der Waals surface area contributed by atoms with Gasteiger partial charge in [0.2, 0.25) is 5.56 Å². The minimum absolute atomic E-state index is 0.00189. The van der Waals surface area contributed by atoms with Crippen molar-refractivity contribution in [1.29, 1.82) is 0 Å². The summed E-state index contributed by atoms with van der Waals surface area (Å²) in [7, 11) is 0. The van der Waals surface area contributed by atoms with Crippen LogP contribution in [0.2, 0.25) is 0 Å². The highest BCUT2D eigenvalue weighted by Crippen LogP contribution is 2.11. The third kappa shape index (κ3) is 3.02. The molecule has 0 saturated heterocycles. The molecule has 0 aliphatic rings. The van der Waals surface area contributed by atoms with Crippen LogP contribution in [-0.4, -0.2) is 16.1 Å². The van der Waals surface area contributed by atoms with Gasteiger partial charge in [0.1, 0.15) is 0 Å². The van der Waals surface area contributed by atoms with Gasteiger partial charge in [0, 0.05) is 24.2 Å². The summed E-state index contributed by atoms with van der Waals surface area (Å²) in [6.07, 6.45) is 0.313. The summed E-state index contributed by atoms with van der Waals surface area (Å²) in [6, 6.07) is 4.22. The monoisotopic (exact) mass is 196 g/mol. The fraction of sp³-hybridized carbons (Fsp3) is 0.333. The first-order chi connectivity index (χ1) is 6.59. The number of nitrogens with two attached hydrogens (primary N) is 1. The van der Waals surface area contributed by atoms with Crippen LogP contribution < -0.4 is 11.3 Å². The number of H-pyrrole nitrogens is 1. The normalized spacial score (nSPS) is 12.4. The SMILES string of the molecule is NC(CCC(=O)O)c1cccc(=O)[nH]1. The molecule has 1 unspecified atom stereocenters. The lowest BCUT2D eigenvalue weighted by Gasteiger charge is -2.09. The van der Waals surface area contributed by atoms with Gasteiger partial charge < -0.3 is 15.8 Å². The molecule has 5 nitrogen and oxygen atoms in total. The van der Waals surface area contributed by atoms with E-state index < -0.39 is 12.0 Å². The number of aromatic amines is 1. The smallest absolute Gasteiger partial charge is 0.303 e. The fourth-order valence-corrected chi connectivity index (χ4v) is 1.12. The number of hydrogen-bond acceptors (Lipinski definition) is 3. The zero-order valence-corrected chi connectivity index (χ0v) is 7.56. The number of carboxylic acids is 1. The van der Waals surface area contributed by atoms with Gasteiger partial charge in [-0.2, -0.15) is 0 Å². The van der Waals surface area contributed by atoms with E-state index in [9.17, 15) is 9.59 Å². The maximum atomic E-state index is 10.9. The molecular weight excluding hydrogens is 184 g/mol. The van der Waals surface area contributed by atoms with Crippen LogP contribution in [0.5, 0.6) is 0 Å². The van der Waals surface area contributed by atoms with Crippen LogP contribution in [-0.2, 0) is 4.79 Å². The highest BCUT2D eigenvalue weighted by Gasteiger charge is 2.08. The Labute approximate surface area is 80.6 Å². The predicted molar refractivity (Wildman–Crippen MR) is 50.9 cm³/mol. The molecule has 0 aliphatic carbocycles. The van der Waals surface area contributed by atoms with Crippen LogP contribution in [0, 0.1) is 0 Å². The summed E-state index contributed by atoms with van der Waals surface area (Å²) in [6.45, 7) is 0. The molecule has 1 aromatic rings. The Morgan fingerprint density at radius 1 is 1.57 bits per heavy atom. The lowest BCUT2D eigenvalue weighted by molar-refractivity contribution is -0.137. The van der Waals surface area contributed by atoms with Gasteiger partial charge >= 0.3 is 5.97 Å². The van der Waals surface area contributed by atoms with E-state index in [0.717, 1.165) is 0 Å². The molecular formula is C9H12N2O3. The van der Waals surface area contributed by atoms with Crippen molar-refractivity contribution in [2.45, 2.75) is 18.9 Å². The van der Waals surface area contributed by atoms with Crippen LogP contribution in [0.25, 0.3) is 0 Å². The molecule has 14 heavy (non-hydrogen) atoms. The van der Waals surface area contributed by atoms with E-state index in [1.165, 1.54) is 6.07 Å². The number of aliphatic carboxylic acids is 1. The number of aromatic nitrogens is 1. The molecule has 1 heterocycles. The topological polar surface area (TPSA) is 96.2 Å². The summed E-state index contributed by atoms with van der Waals surface area (Å²) < 4.78 is 0. The highest BCUT2D eigenvalue weighted by atomic mass is 16.4. The van der Waals surface area contributed by atoms with Crippen molar-refractivity contribution in [2.75, 3.05) is 0 Å². The molecule has 0 amide bonds. The third-order valence-electron chi connectivity index (χ3n) is 1.86. The zero-order valence-electron chi connectivity index (χ0n) is 7.56. The number of pyridine rings is 1. The number of carbonyl (C=O) groups is 1. The van der Waals surface area contributed by atoms with Gasteiger partial charge in [-0.25, -0.2) is 0 Å². The molecule has 5 heteroatoms. The van der Waals surface area contributed by atoms with Crippen molar-refractivity contribution < 1.29 is 9.90 Å². The van der Waals surface area contributed by atoms with Gasteiger partial charge in [0.25, 0.3) is 0 Å². The summed E-state index contributed by atoms with van der Waals surface area (Å²) in [5.74, 6) is -0.890. The Morgan fingerprint density at radius 2 is 2.29 bits per heavy atom. The molecule has 0 spiro atoms. The number of rotatable bonds is 4. The van der Waals surface area contributed by atoms with Crippen molar-refractivity contribution in [3.8, 4) is 0 Å². The Balaban J connectivity index is 2.65. The average molecular weight is 196 g/mol. The van der Waals surface area contributed by atoms with Gasteiger partial charge in [-0.05, 0) is 12.5 Å². The largest absolute Gasteiger partial charge is 0.481 e. The molecule has 0 bridgehead atoms. The van der Waals surface area contributed by atoms with Crippen molar-refractivity contribution in [1.82, 2.24) is 4.98 Å². The first kappa shape index (κ1) is 10.5. The summed E-state index contributed by atoms with van der Waals surface area (Å²) in [4.78, 5) is 23.7. The average Bonchev–Trinajstić information content (AvgIpc) is 2.14. The second kappa shape index (κ2) is 4.57. The maximum Gasteiger partial charge on any atom is 0.303 e. The molecule has 0 radical (unpaired) electrons. The minimum Gasteiger partial charge on any atom is -0.481 e. The van der Waals surface area contributed by atoms with Crippen molar-refractivity contribution >= 4 is 5.97 Å². The quantitative estimate of drug-likeness (QED) is 0.642. The Kier molecular flexibility index (Phi) is 3.41. The van der Waals surface area contributed by atoms with Crippen LogP contribution in [0.3, 0.4) is 0 Å². The minimum atomic E-state index is -0.890. The summed E-state index contributed by atoms with van der Waals surface area (Å²) in [5, 5.41) is 8.44. The van der Waals surface area contributed by atoms with E-state index in [1.54, 1.807) is 12.1 Å². The Hall–Kier alpha value is -1.62. The second-order valence-electron chi connectivity index (χ2n) is 3.01. The van der Waals surface area contributed by atoms with Crippen molar-refractivity contribution in [3.63, 3.8) is 0 Å². The van der Waals surface area contributed by atoms with E-state index >= 15 is 0 Å². The highest BCUT2D eigenvalue weighted by molar-refractivity contribution is 5.66. The Morgan fingerprint density at radius 3 is 2.86 bits per heavy atom. The lowest BCUT2D eigenvalue weighted by atomic mass is 10.1. The maximum absolute atomic E-state index is 10.9. The second-order valence-corrected chi connectivity index (χ2v) is 3.01. The van der Waals surface area contributed by atoms with Crippen molar-refractivity contribution in [2.24, 2.45) is 5.73 Å². The van der Waals surface area contributed by atoms with E-state index in [0.29, 0.717) is 12.1 Å². The molecule has 76 valence electrons. The molecule has 0 saturated carbocycles. The molecule has 0 aliphatic heterocycles.